The minimum absolute atomic E-state index is 0.0512. The third-order valence-corrected chi connectivity index (χ3v) is 4.34. The number of alkyl halides is 3. The molecule has 0 aliphatic rings. The van der Waals surface area contributed by atoms with E-state index in [4.69, 9.17) is 11.6 Å². The van der Waals surface area contributed by atoms with E-state index in [2.05, 4.69) is 20.1 Å². The highest BCUT2D eigenvalue weighted by molar-refractivity contribution is 6.34. The number of aromatic amines is 1. The van der Waals surface area contributed by atoms with Gasteiger partial charge >= 0.3 is 12.1 Å². The zero-order valence-corrected chi connectivity index (χ0v) is 15.7. The molecule has 0 saturated carbocycles. The van der Waals surface area contributed by atoms with Gasteiger partial charge in [-0.25, -0.2) is 9.78 Å². The summed E-state index contributed by atoms with van der Waals surface area (Å²) in [4.78, 5) is 28.0. The Hall–Kier alpha value is -3.34. The minimum Gasteiger partial charge on any atom is -0.465 e. The van der Waals surface area contributed by atoms with Gasteiger partial charge in [-0.1, -0.05) is 11.6 Å². The van der Waals surface area contributed by atoms with Crippen molar-refractivity contribution in [3.8, 4) is 11.3 Å². The van der Waals surface area contributed by atoms with E-state index in [1.165, 1.54) is 36.9 Å². The number of anilines is 1. The number of halogens is 4. The number of esters is 1. The number of hydrogen-bond acceptors (Lipinski definition) is 5. The van der Waals surface area contributed by atoms with E-state index in [0.29, 0.717) is 0 Å². The Morgan fingerprint density at radius 1 is 1.28 bits per heavy atom. The van der Waals surface area contributed by atoms with Crippen LogP contribution in [-0.2, 0) is 18.0 Å². The van der Waals surface area contributed by atoms with Gasteiger partial charge in [0.1, 0.15) is 5.69 Å². The second-order valence-corrected chi connectivity index (χ2v) is 6.23. The summed E-state index contributed by atoms with van der Waals surface area (Å²) in [6.45, 7) is 0. The lowest BCUT2D eigenvalue weighted by Gasteiger charge is -2.10. The van der Waals surface area contributed by atoms with Crippen LogP contribution in [0.1, 0.15) is 26.7 Å². The van der Waals surface area contributed by atoms with Gasteiger partial charge in [-0.3, -0.25) is 9.89 Å². The molecule has 0 unspecified atom stereocenters. The fraction of sp³-hybridized carbons (Fsp3) is 0.176. The van der Waals surface area contributed by atoms with Gasteiger partial charge in [0, 0.05) is 12.7 Å². The number of methoxy groups -OCH3 is 1. The van der Waals surface area contributed by atoms with Crippen molar-refractivity contribution < 1.29 is 27.5 Å². The van der Waals surface area contributed by atoms with Crippen LogP contribution in [0.3, 0.4) is 0 Å². The Bertz CT molecular complexity index is 1090. The maximum Gasteiger partial charge on any atom is 0.433 e. The summed E-state index contributed by atoms with van der Waals surface area (Å²) in [5.74, 6) is -1.46. The van der Waals surface area contributed by atoms with Gasteiger partial charge < -0.3 is 14.6 Å². The van der Waals surface area contributed by atoms with E-state index in [-0.39, 0.29) is 33.4 Å². The molecule has 2 N–H and O–H groups in total. The van der Waals surface area contributed by atoms with E-state index < -0.39 is 23.7 Å². The van der Waals surface area contributed by atoms with Gasteiger partial charge in [0.2, 0.25) is 0 Å². The number of carbonyl (C=O) groups excluding carboxylic acids is 2. The SMILES string of the molecule is COC(=O)c1ccc(NC(=O)c2ncc(-c3cn[nH]c3C(F)(F)F)n2C)cc1Cl. The number of rotatable bonds is 4. The topological polar surface area (TPSA) is 102 Å². The van der Waals surface area contributed by atoms with Crippen LogP contribution in [0, 0.1) is 0 Å². The van der Waals surface area contributed by atoms with Gasteiger partial charge in [-0.2, -0.15) is 18.3 Å². The number of benzene rings is 1. The molecule has 0 aliphatic heterocycles. The number of hydrogen-bond donors (Lipinski definition) is 2. The standard InChI is InChI=1S/C17H13ClF3N5O3/c1-26-12(10-6-23-25-13(10)17(19,20)21)7-22-14(26)15(27)24-8-3-4-9(11(18)5-8)16(28)29-2/h3-7H,1-2H3,(H,23,25)(H,24,27). The summed E-state index contributed by atoms with van der Waals surface area (Å²) in [5, 5.41) is 7.92. The summed E-state index contributed by atoms with van der Waals surface area (Å²) < 4.78 is 45.0. The highest BCUT2D eigenvalue weighted by atomic mass is 35.5. The average Bonchev–Trinajstić information content (AvgIpc) is 3.27. The van der Waals surface area contributed by atoms with Crippen molar-refractivity contribution in [1.82, 2.24) is 19.7 Å². The van der Waals surface area contributed by atoms with Crippen molar-refractivity contribution in [3.05, 3.63) is 52.7 Å². The minimum atomic E-state index is -4.64. The molecule has 0 saturated heterocycles. The first-order valence-electron chi connectivity index (χ1n) is 7.95. The summed E-state index contributed by atoms with van der Waals surface area (Å²) in [7, 11) is 2.61. The van der Waals surface area contributed by atoms with Crippen LogP contribution in [-0.4, -0.2) is 38.7 Å². The number of nitrogens with one attached hydrogen (secondary N) is 2. The highest BCUT2D eigenvalue weighted by Gasteiger charge is 2.37. The Morgan fingerprint density at radius 2 is 2.00 bits per heavy atom. The lowest BCUT2D eigenvalue weighted by molar-refractivity contribution is -0.140. The van der Waals surface area contributed by atoms with E-state index in [1.54, 1.807) is 0 Å². The molecule has 2 aromatic heterocycles. The van der Waals surface area contributed by atoms with E-state index in [9.17, 15) is 22.8 Å². The lowest BCUT2D eigenvalue weighted by Crippen LogP contribution is -2.17. The van der Waals surface area contributed by atoms with E-state index >= 15 is 0 Å². The summed E-state index contributed by atoms with van der Waals surface area (Å²) >= 11 is 6.01. The van der Waals surface area contributed by atoms with Crippen LogP contribution >= 0.6 is 11.6 Å². The first kappa shape index (κ1) is 20.4. The zero-order chi connectivity index (χ0) is 21.3. The fourth-order valence-corrected chi connectivity index (χ4v) is 2.88. The Morgan fingerprint density at radius 3 is 2.62 bits per heavy atom. The van der Waals surface area contributed by atoms with Gasteiger partial charge in [-0.05, 0) is 18.2 Å². The number of imidazole rings is 1. The molecular weight excluding hydrogens is 415 g/mol. The first-order valence-corrected chi connectivity index (χ1v) is 8.33. The lowest BCUT2D eigenvalue weighted by atomic mass is 10.2. The van der Waals surface area contributed by atoms with Crippen LogP contribution in [0.5, 0.6) is 0 Å². The summed E-state index contributed by atoms with van der Waals surface area (Å²) in [6.07, 6.45) is -2.49. The largest absolute Gasteiger partial charge is 0.465 e. The average molecular weight is 428 g/mol. The molecule has 1 aromatic carbocycles. The van der Waals surface area contributed by atoms with E-state index in [1.807, 2.05) is 5.10 Å². The summed E-state index contributed by atoms with van der Waals surface area (Å²) in [5.41, 5.74) is -0.854. The molecule has 29 heavy (non-hydrogen) atoms. The van der Waals surface area contributed by atoms with Crippen molar-refractivity contribution >= 4 is 29.2 Å². The van der Waals surface area contributed by atoms with Crippen LogP contribution in [0.25, 0.3) is 11.3 Å². The molecule has 152 valence electrons. The normalized spacial score (nSPS) is 11.4. The Kier molecular flexibility index (Phi) is 5.33. The monoisotopic (exact) mass is 427 g/mol. The molecule has 12 heteroatoms. The van der Waals surface area contributed by atoms with Gasteiger partial charge in [0.05, 0.1) is 41.3 Å². The number of aromatic nitrogens is 4. The van der Waals surface area contributed by atoms with Crippen molar-refractivity contribution in [2.24, 2.45) is 7.05 Å². The molecule has 1 amide bonds. The third-order valence-electron chi connectivity index (χ3n) is 4.02. The number of nitrogens with zero attached hydrogens (tertiary/aromatic N) is 3. The second-order valence-electron chi connectivity index (χ2n) is 5.82. The molecular formula is C17H13ClF3N5O3. The van der Waals surface area contributed by atoms with Crippen molar-refractivity contribution in [2.45, 2.75) is 6.18 Å². The molecule has 0 bridgehead atoms. The number of H-pyrrole nitrogens is 1. The molecule has 0 spiro atoms. The quantitative estimate of drug-likeness (QED) is 0.620. The maximum absolute atomic E-state index is 13.1. The van der Waals surface area contributed by atoms with Gasteiger partial charge in [-0.15, -0.1) is 0 Å². The number of carbonyl (C=O) groups is 2. The Balaban J connectivity index is 1.86. The van der Waals surface area contributed by atoms with Crippen molar-refractivity contribution in [1.29, 1.82) is 0 Å². The van der Waals surface area contributed by atoms with Crippen molar-refractivity contribution in [3.63, 3.8) is 0 Å². The number of ether oxygens (including phenoxy) is 1. The van der Waals surface area contributed by atoms with Crippen LogP contribution < -0.4 is 5.32 Å². The van der Waals surface area contributed by atoms with E-state index in [0.717, 1.165) is 12.4 Å². The first-order chi connectivity index (χ1) is 13.6. The zero-order valence-electron chi connectivity index (χ0n) is 15.0. The molecule has 8 nitrogen and oxygen atoms in total. The predicted molar refractivity (Wildman–Crippen MR) is 96.5 cm³/mol. The van der Waals surface area contributed by atoms with Crippen LogP contribution in [0.2, 0.25) is 5.02 Å². The molecule has 2 heterocycles. The molecule has 0 aliphatic carbocycles. The van der Waals surface area contributed by atoms with Crippen molar-refractivity contribution in [2.75, 3.05) is 12.4 Å². The smallest absolute Gasteiger partial charge is 0.433 e. The molecule has 0 atom stereocenters. The molecule has 0 fully saturated rings. The van der Waals surface area contributed by atoms with Crippen LogP contribution in [0.15, 0.2) is 30.6 Å². The second kappa shape index (κ2) is 7.59. The molecule has 3 aromatic rings. The Labute approximate surface area is 166 Å². The third kappa shape index (κ3) is 3.94. The molecule has 3 rings (SSSR count). The predicted octanol–water partition coefficient (Wildman–Crippen LogP) is 3.52. The van der Waals surface area contributed by atoms with Crippen LogP contribution in [0.4, 0.5) is 18.9 Å². The summed E-state index contributed by atoms with van der Waals surface area (Å²) in [6, 6.07) is 4.14. The van der Waals surface area contributed by atoms with Gasteiger partial charge in [0.15, 0.2) is 5.82 Å². The maximum atomic E-state index is 13.1. The highest BCUT2D eigenvalue weighted by Crippen LogP contribution is 2.35. The van der Waals surface area contributed by atoms with Gasteiger partial charge in [0.25, 0.3) is 5.91 Å². The number of amides is 1. The fourth-order valence-electron chi connectivity index (χ4n) is 2.62. The molecule has 0 radical (unpaired) electrons.